The van der Waals surface area contributed by atoms with E-state index >= 15 is 0 Å². The molecule has 3 rings (SSSR count). The van der Waals surface area contributed by atoms with E-state index in [2.05, 4.69) is 30.3 Å². The largest absolute Gasteiger partial charge is 0.494 e. The van der Waals surface area contributed by atoms with Crippen molar-refractivity contribution in [1.29, 1.82) is 0 Å². The zero-order valence-corrected chi connectivity index (χ0v) is 14.7. The quantitative estimate of drug-likeness (QED) is 0.715. The molecule has 3 heteroatoms. The standard InChI is InChI=1S/C20H27NO2/c1-5-22-19-11-17(13(2)16-8-6-7-9-16)10-18(12-19)20-14(3)21-23-15(20)4/h10-13,16H,5-9H2,1-4H3. The second-order valence-corrected chi connectivity index (χ2v) is 6.76. The fraction of sp³-hybridized carbons (Fsp3) is 0.550. The van der Waals surface area contributed by atoms with Crippen molar-refractivity contribution in [3.8, 4) is 16.9 Å². The first-order valence-corrected chi connectivity index (χ1v) is 8.81. The molecule has 0 spiro atoms. The van der Waals surface area contributed by atoms with Crippen molar-refractivity contribution >= 4 is 0 Å². The Kier molecular flexibility index (Phi) is 4.74. The van der Waals surface area contributed by atoms with Crippen LogP contribution in [0.25, 0.3) is 11.1 Å². The zero-order chi connectivity index (χ0) is 16.4. The Morgan fingerprint density at radius 2 is 1.96 bits per heavy atom. The van der Waals surface area contributed by atoms with Crippen LogP contribution in [0.4, 0.5) is 0 Å². The van der Waals surface area contributed by atoms with Gasteiger partial charge in [0.05, 0.1) is 12.3 Å². The van der Waals surface area contributed by atoms with Crippen LogP contribution < -0.4 is 4.74 Å². The molecular weight excluding hydrogens is 286 g/mol. The summed E-state index contributed by atoms with van der Waals surface area (Å²) in [7, 11) is 0. The van der Waals surface area contributed by atoms with Crippen LogP contribution in [0.1, 0.15) is 62.5 Å². The lowest BCUT2D eigenvalue weighted by molar-refractivity contribution is 0.339. The molecule has 0 radical (unpaired) electrons. The van der Waals surface area contributed by atoms with Gasteiger partial charge in [-0.2, -0.15) is 0 Å². The van der Waals surface area contributed by atoms with Crippen LogP contribution in [0.15, 0.2) is 22.7 Å². The highest BCUT2D eigenvalue weighted by Crippen LogP contribution is 2.40. The number of rotatable bonds is 5. The van der Waals surface area contributed by atoms with Gasteiger partial charge in [0.1, 0.15) is 11.5 Å². The fourth-order valence-corrected chi connectivity index (χ4v) is 3.90. The summed E-state index contributed by atoms with van der Waals surface area (Å²) in [6.07, 6.45) is 5.44. The van der Waals surface area contributed by atoms with Gasteiger partial charge in [-0.3, -0.25) is 0 Å². The van der Waals surface area contributed by atoms with E-state index in [-0.39, 0.29) is 0 Å². The van der Waals surface area contributed by atoms with Crippen LogP contribution in [0.5, 0.6) is 5.75 Å². The summed E-state index contributed by atoms with van der Waals surface area (Å²) in [6, 6.07) is 6.63. The van der Waals surface area contributed by atoms with Gasteiger partial charge in [-0.15, -0.1) is 0 Å². The van der Waals surface area contributed by atoms with Crippen LogP contribution in [0, 0.1) is 19.8 Å². The third-order valence-electron chi connectivity index (χ3n) is 5.19. The van der Waals surface area contributed by atoms with Crippen LogP contribution in [0.2, 0.25) is 0 Å². The molecule has 124 valence electrons. The smallest absolute Gasteiger partial charge is 0.141 e. The van der Waals surface area contributed by atoms with E-state index in [9.17, 15) is 0 Å². The molecule has 3 nitrogen and oxygen atoms in total. The number of hydrogen-bond donors (Lipinski definition) is 0. The summed E-state index contributed by atoms with van der Waals surface area (Å²) < 4.78 is 11.2. The van der Waals surface area contributed by atoms with Crippen LogP contribution in [-0.2, 0) is 0 Å². The van der Waals surface area contributed by atoms with E-state index in [1.165, 1.54) is 31.2 Å². The van der Waals surface area contributed by atoms with E-state index in [0.717, 1.165) is 34.2 Å². The molecular formula is C20H27NO2. The molecule has 0 amide bonds. The van der Waals surface area contributed by atoms with Crippen molar-refractivity contribution < 1.29 is 9.26 Å². The normalized spacial score (nSPS) is 16.7. The number of aromatic nitrogens is 1. The first kappa shape index (κ1) is 16.1. The lowest BCUT2D eigenvalue weighted by atomic mass is 9.85. The summed E-state index contributed by atoms with van der Waals surface area (Å²) in [5, 5.41) is 4.10. The van der Waals surface area contributed by atoms with Crippen molar-refractivity contribution in [2.75, 3.05) is 6.61 Å². The third-order valence-corrected chi connectivity index (χ3v) is 5.19. The Morgan fingerprint density at radius 1 is 1.22 bits per heavy atom. The number of aryl methyl sites for hydroxylation is 2. The van der Waals surface area contributed by atoms with Gasteiger partial charge in [-0.05, 0) is 68.7 Å². The summed E-state index contributed by atoms with van der Waals surface area (Å²) in [4.78, 5) is 0. The maximum atomic E-state index is 5.83. The minimum atomic E-state index is 0.567. The van der Waals surface area contributed by atoms with Gasteiger partial charge < -0.3 is 9.26 Å². The first-order valence-electron chi connectivity index (χ1n) is 8.81. The average molecular weight is 313 g/mol. The van der Waals surface area contributed by atoms with Crippen molar-refractivity contribution in [3.05, 3.63) is 35.2 Å². The number of ether oxygens (including phenoxy) is 1. The number of hydrogen-bond acceptors (Lipinski definition) is 3. The van der Waals surface area contributed by atoms with Crippen LogP contribution in [-0.4, -0.2) is 11.8 Å². The van der Waals surface area contributed by atoms with Crippen LogP contribution >= 0.6 is 0 Å². The van der Waals surface area contributed by atoms with Gasteiger partial charge in [0.2, 0.25) is 0 Å². The SMILES string of the molecule is CCOc1cc(-c2c(C)noc2C)cc(C(C)C2CCCC2)c1. The summed E-state index contributed by atoms with van der Waals surface area (Å²) in [5.41, 5.74) is 4.58. The van der Waals surface area contributed by atoms with Crippen molar-refractivity contribution in [2.24, 2.45) is 5.92 Å². The topological polar surface area (TPSA) is 35.3 Å². The van der Waals surface area contributed by atoms with Gasteiger partial charge in [0, 0.05) is 5.56 Å². The Labute approximate surface area is 139 Å². The van der Waals surface area contributed by atoms with Crippen molar-refractivity contribution in [3.63, 3.8) is 0 Å². The third kappa shape index (κ3) is 3.29. The minimum Gasteiger partial charge on any atom is -0.494 e. The van der Waals surface area contributed by atoms with E-state index in [1.807, 2.05) is 20.8 Å². The molecule has 1 atom stereocenters. The van der Waals surface area contributed by atoms with Crippen LogP contribution in [0.3, 0.4) is 0 Å². The Balaban J connectivity index is 2.02. The molecule has 1 unspecified atom stereocenters. The first-order chi connectivity index (χ1) is 11.1. The highest BCUT2D eigenvalue weighted by Gasteiger charge is 2.24. The molecule has 1 heterocycles. The molecule has 1 saturated carbocycles. The van der Waals surface area contributed by atoms with Gasteiger partial charge >= 0.3 is 0 Å². The zero-order valence-electron chi connectivity index (χ0n) is 14.7. The predicted molar refractivity (Wildman–Crippen MR) is 93.0 cm³/mol. The monoisotopic (exact) mass is 313 g/mol. The van der Waals surface area contributed by atoms with Gasteiger partial charge in [-0.25, -0.2) is 0 Å². The molecule has 1 aliphatic rings. The summed E-state index contributed by atoms with van der Waals surface area (Å²) in [5.74, 6) is 3.18. The average Bonchev–Trinajstić information content (AvgIpc) is 3.17. The highest BCUT2D eigenvalue weighted by molar-refractivity contribution is 5.70. The Morgan fingerprint density at radius 3 is 2.57 bits per heavy atom. The molecule has 1 aromatic carbocycles. The van der Waals surface area contributed by atoms with Crippen molar-refractivity contribution in [1.82, 2.24) is 5.16 Å². The summed E-state index contributed by atoms with van der Waals surface area (Å²) in [6.45, 7) is 9.05. The molecule has 0 bridgehead atoms. The fourth-order valence-electron chi connectivity index (χ4n) is 3.90. The molecule has 1 aromatic heterocycles. The molecule has 2 aromatic rings. The molecule has 1 aliphatic carbocycles. The maximum Gasteiger partial charge on any atom is 0.141 e. The van der Waals surface area contributed by atoms with Gasteiger partial charge in [-0.1, -0.05) is 31.0 Å². The van der Waals surface area contributed by atoms with E-state index < -0.39 is 0 Å². The second kappa shape index (κ2) is 6.77. The molecule has 0 N–H and O–H groups in total. The Hall–Kier alpha value is -1.77. The maximum absolute atomic E-state index is 5.83. The highest BCUT2D eigenvalue weighted by atomic mass is 16.5. The van der Waals surface area contributed by atoms with Gasteiger partial charge in [0.15, 0.2) is 0 Å². The predicted octanol–water partition coefficient (Wildman–Crippen LogP) is 5.65. The Bertz CT molecular complexity index is 649. The lowest BCUT2D eigenvalue weighted by Crippen LogP contribution is -2.06. The van der Waals surface area contributed by atoms with Crippen molar-refractivity contribution in [2.45, 2.75) is 59.3 Å². The number of nitrogens with zero attached hydrogens (tertiary/aromatic N) is 1. The number of benzene rings is 1. The molecule has 1 fully saturated rings. The molecule has 23 heavy (non-hydrogen) atoms. The van der Waals surface area contributed by atoms with E-state index in [1.54, 1.807) is 0 Å². The minimum absolute atomic E-state index is 0.567. The summed E-state index contributed by atoms with van der Waals surface area (Å²) >= 11 is 0. The lowest BCUT2D eigenvalue weighted by Gasteiger charge is -2.21. The molecule has 0 aliphatic heterocycles. The van der Waals surface area contributed by atoms with Gasteiger partial charge in [0.25, 0.3) is 0 Å². The van der Waals surface area contributed by atoms with E-state index in [4.69, 9.17) is 9.26 Å². The van der Waals surface area contributed by atoms with E-state index in [0.29, 0.717) is 12.5 Å². The second-order valence-electron chi connectivity index (χ2n) is 6.76. The molecule has 0 saturated heterocycles.